The highest BCUT2D eigenvalue weighted by Gasteiger charge is 2.35. The smallest absolute Gasteiger partial charge is 0.411 e. The van der Waals surface area contributed by atoms with Crippen molar-refractivity contribution in [3.05, 3.63) is 35.9 Å². The summed E-state index contributed by atoms with van der Waals surface area (Å²) in [5.41, 5.74) is 0.325. The monoisotopic (exact) mass is 277 g/mol. The van der Waals surface area contributed by atoms with E-state index in [1.54, 1.807) is 20.8 Å². The maximum absolute atomic E-state index is 12.2. The summed E-state index contributed by atoms with van der Waals surface area (Å²) in [6.07, 6.45) is -0.497. The summed E-state index contributed by atoms with van der Waals surface area (Å²) in [5, 5.41) is 0. The minimum atomic E-state index is -0.598. The molecule has 0 unspecified atom stereocenters. The molecule has 0 N–H and O–H groups in total. The van der Waals surface area contributed by atoms with Crippen LogP contribution < -0.4 is 0 Å². The molecule has 2 rings (SSSR count). The number of cyclic esters (lactones) is 1. The summed E-state index contributed by atoms with van der Waals surface area (Å²) >= 11 is 0. The topological polar surface area (TPSA) is 55.8 Å². The van der Waals surface area contributed by atoms with E-state index < -0.39 is 17.7 Å². The highest BCUT2D eigenvalue weighted by Crippen LogP contribution is 2.26. The molecule has 1 aliphatic heterocycles. The van der Waals surface area contributed by atoms with Crippen LogP contribution in [0.3, 0.4) is 0 Å². The zero-order valence-electron chi connectivity index (χ0n) is 12.0. The lowest BCUT2D eigenvalue weighted by Crippen LogP contribution is -2.47. The van der Waals surface area contributed by atoms with E-state index in [9.17, 15) is 9.59 Å². The predicted octanol–water partition coefficient (Wildman–Crippen LogP) is 2.52. The van der Waals surface area contributed by atoms with Crippen molar-refractivity contribution in [2.75, 3.05) is 13.2 Å². The fourth-order valence-electron chi connectivity index (χ4n) is 2.02. The number of morpholine rings is 1. The second-order valence-corrected chi connectivity index (χ2v) is 5.72. The molecular formula is C15H19NO4. The summed E-state index contributed by atoms with van der Waals surface area (Å²) < 4.78 is 10.4. The van der Waals surface area contributed by atoms with Crippen LogP contribution in [0, 0.1) is 0 Å². The number of rotatable bonds is 1. The van der Waals surface area contributed by atoms with Gasteiger partial charge in [-0.05, 0) is 26.3 Å². The molecule has 0 radical (unpaired) electrons. The van der Waals surface area contributed by atoms with Crippen molar-refractivity contribution in [3.8, 4) is 0 Å². The molecule has 0 saturated carbocycles. The minimum Gasteiger partial charge on any atom is -0.462 e. The molecule has 0 aromatic heterocycles. The number of hydrogen-bond acceptors (Lipinski definition) is 4. The molecule has 1 aliphatic rings. The molecule has 1 aromatic carbocycles. The van der Waals surface area contributed by atoms with Crippen molar-refractivity contribution < 1.29 is 19.1 Å². The lowest BCUT2D eigenvalue weighted by Gasteiger charge is -2.35. The highest BCUT2D eigenvalue weighted by molar-refractivity contribution is 5.79. The van der Waals surface area contributed by atoms with Gasteiger partial charge in [-0.3, -0.25) is 9.69 Å². The standard InChI is InChI=1S/C15H19NO4/c1-15(2,3)20-14(18)16-9-13(17)19-10-12(16)11-7-5-4-6-8-11/h4-8,12H,9-10H2,1-3H3/t12-/m0/s1. The summed E-state index contributed by atoms with van der Waals surface area (Å²) in [4.78, 5) is 25.1. The Balaban J connectivity index is 2.21. The molecule has 20 heavy (non-hydrogen) atoms. The van der Waals surface area contributed by atoms with Crippen molar-refractivity contribution >= 4 is 12.1 Å². The Bertz CT molecular complexity index is 492. The summed E-state index contributed by atoms with van der Waals surface area (Å²) in [6.45, 7) is 5.45. The fourth-order valence-corrected chi connectivity index (χ4v) is 2.02. The Morgan fingerprint density at radius 3 is 2.55 bits per heavy atom. The van der Waals surface area contributed by atoms with Crippen molar-refractivity contribution in [1.29, 1.82) is 0 Å². The molecule has 1 atom stereocenters. The normalized spacial score (nSPS) is 19.4. The van der Waals surface area contributed by atoms with Gasteiger partial charge in [-0.1, -0.05) is 30.3 Å². The molecular weight excluding hydrogens is 258 g/mol. The number of amides is 1. The molecule has 1 saturated heterocycles. The predicted molar refractivity (Wildman–Crippen MR) is 73.1 cm³/mol. The van der Waals surface area contributed by atoms with Crippen LogP contribution in [-0.2, 0) is 14.3 Å². The Labute approximate surface area is 118 Å². The van der Waals surface area contributed by atoms with Crippen molar-refractivity contribution in [2.24, 2.45) is 0 Å². The number of hydrogen-bond donors (Lipinski definition) is 0. The number of ether oxygens (including phenoxy) is 2. The maximum atomic E-state index is 12.2. The lowest BCUT2D eigenvalue weighted by atomic mass is 10.1. The molecule has 1 amide bonds. The van der Waals surface area contributed by atoms with E-state index in [2.05, 4.69) is 0 Å². The highest BCUT2D eigenvalue weighted by atomic mass is 16.6. The Morgan fingerprint density at radius 2 is 1.95 bits per heavy atom. The first-order valence-electron chi connectivity index (χ1n) is 6.57. The van der Waals surface area contributed by atoms with E-state index in [-0.39, 0.29) is 19.2 Å². The van der Waals surface area contributed by atoms with Gasteiger partial charge in [0, 0.05) is 0 Å². The van der Waals surface area contributed by atoms with Crippen molar-refractivity contribution in [2.45, 2.75) is 32.4 Å². The molecule has 1 fully saturated rings. The van der Waals surface area contributed by atoms with Crippen LogP contribution >= 0.6 is 0 Å². The van der Waals surface area contributed by atoms with Gasteiger partial charge in [0.2, 0.25) is 0 Å². The SMILES string of the molecule is CC(C)(C)OC(=O)N1CC(=O)OC[C@H]1c1ccccc1. The first kappa shape index (κ1) is 14.4. The second-order valence-electron chi connectivity index (χ2n) is 5.72. The Kier molecular flexibility index (Phi) is 3.97. The van der Waals surface area contributed by atoms with Crippen LogP contribution in [0.2, 0.25) is 0 Å². The average molecular weight is 277 g/mol. The molecule has 5 heteroatoms. The second kappa shape index (κ2) is 5.53. The van der Waals surface area contributed by atoms with Crippen molar-refractivity contribution in [1.82, 2.24) is 4.90 Å². The van der Waals surface area contributed by atoms with Gasteiger partial charge in [-0.15, -0.1) is 0 Å². The van der Waals surface area contributed by atoms with Crippen LogP contribution in [-0.4, -0.2) is 35.7 Å². The van der Waals surface area contributed by atoms with E-state index in [0.717, 1.165) is 5.56 Å². The third kappa shape index (κ3) is 3.50. The number of benzene rings is 1. The zero-order valence-corrected chi connectivity index (χ0v) is 12.0. The number of esters is 1. The maximum Gasteiger partial charge on any atom is 0.411 e. The van der Waals surface area contributed by atoms with Gasteiger partial charge in [0.1, 0.15) is 18.8 Å². The van der Waals surface area contributed by atoms with Crippen molar-refractivity contribution in [3.63, 3.8) is 0 Å². The lowest BCUT2D eigenvalue weighted by molar-refractivity contribution is -0.154. The summed E-state index contributed by atoms with van der Waals surface area (Å²) in [5.74, 6) is -0.414. The number of carbonyl (C=O) groups is 2. The zero-order chi connectivity index (χ0) is 14.8. The van der Waals surface area contributed by atoms with Gasteiger partial charge in [0.05, 0.1) is 6.04 Å². The van der Waals surface area contributed by atoms with Gasteiger partial charge in [0.25, 0.3) is 0 Å². The minimum absolute atomic E-state index is 0.0888. The number of carbonyl (C=O) groups excluding carboxylic acids is 2. The van der Waals surface area contributed by atoms with Crippen LogP contribution in [0.5, 0.6) is 0 Å². The van der Waals surface area contributed by atoms with Gasteiger partial charge in [-0.25, -0.2) is 4.79 Å². The van der Waals surface area contributed by atoms with Crippen LogP contribution in [0.25, 0.3) is 0 Å². The third-order valence-corrected chi connectivity index (χ3v) is 2.89. The van der Waals surface area contributed by atoms with E-state index in [1.807, 2.05) is 30.3 Å². The summed E-state index contributed by atoms with van der Waals surface area (Å²) in [6, 6.07) is 9.18. The van der Waals surface area contributed by atoms with E-state index in [1.165, 1.54) is 4.90 Å². The first-order valence-corrected chi connectivity index (χ1v) is 6.57. The Hall–Kier alpha value is -2.04. The fraction of sp³-hybridized carbons (Fsp3) is 0.467. The van der Waals surface area contributed by atoms with Crippen LogP contribution in [0.15, 0.2) is 30.3 Å². The quantitative estimate of drug-likeness (QED) is 0.740. The first-order chi connectivity index (χ1) is 9.37. The molecule has 1 heterocycles. The largest absolute Gasteiger partial charge is 0.462 e. The van der Waals surface area contributed by atoms with E-state index >= 15 is 0 Å². The molecule has 1 aromatic rings. The van der Waals surface area contributed by atoms with E-state index in [4.69, 9.17) is 9.47 Å². The van der Waals surface area contributed by atoms with Gasteiger partial charge < -0.3 is 9.47 Å². The summed E-state index contributed by atoms with van der Waals surface area (Å²) in [7, 11) is 0. The molecule has 0 bridgehead atoms. The average Bonchev–Trinajstić information content (AvgIpc) is 2.37. The van der Waals surface area contributed by atoms with Gasteiger partial charge in [-0.2, -0.15) is 0 Å². The van der Waals surface area contributed by atoms with Gasteiger partial charge >= 0.3 is 12.1 Å². The molecule has 108 valence electrons. The Morgan fingerprint density at radius 1 is 1.30 bits per heavy atom. The molecule has 0 aliphatic carbocycles. The van der Waals surface area contributed by atoms with Crippen LogP contribution in [0.1, 0.15) is 32.4 Å². The third-order valence-electron chi connectivity index (χ3n) is 2.89. The van der Waals surface area contributed by atoms with Crippen LogP contribution in [0.4, 0.5) is 4.79 Å². The number of nitrogens with zero attached hydrogens (tertiary/aromatic N) is 1. The van der Waals surface area contributed by atoms with Gasteiger partial charge in [0.15, 0.2) is 0 Å². The molecule has 5 nitrogen and oxygen atoms in total. The molecule has 0 spiro atoms. The van der Waals surface area contributed by atoms with E-state index in [0.29, 0.717) is 0 Å².